The van der Waals surface area contributed by atoms with E-state index in [1.165, 1.54) is 17.0 Å². The van der Waals surface area contributed by atoms with Crippen molar-refractivity contribution in [1.29, 1.82) is 0 Å². The molecular weight excluding hydrogens is 665 g/mol. The zero-order valence-electron chi connectivity index (χ0n) is 27.0. The van der Waals surface area contributed by atoms with Gasteiger partial charge in [0.1, 0.15) is 12.6 Å². The highest BCUT2D eigenvalue weighted by Crippen LogP contribution is 2.31. The van der Waals surface area contributed by atoms with Crippen LogP contribution in [0.25, 0.3) is 0 Å². The molecule has 1 aliphatic carbocycles. The van der Waals surface area contributed by atoms with Crippen LogP contribution in [0, 0.1) is 0 Å². The Labute approximate surface area is 293 Å². The van der Waals surface area contributed by atoms with Crippen molar-refractivity contribution in [3.8, 4) is 0 Å². The Bertz CT molecular complexity index is 1780. The van der Waals surface area contributed by atoms with Gasteiger partial charge in [0.15, 0.2) is 0 Å². The molecule has 4 aromatic rings. The van der Waals surface area contributed by atoms with Crippen LogP contribution in [0.4, 0.5) is 5.69 Å². The molecule has 0 bridgehead atoms. The summed E-state index contributed by atoms with van der Waals surface area (Å²) in [4.78, 5) is 30.6. The second kappa shape index (κ2) is 16.5. The van der Waals surface area contributed by atoms with Gasteiger partial charge < -0.3 is 10.2 Å². The molecule has 48 heavy (non-hydrogen) atoms. The van der Waals surface area contributed by atoms with Crippen molar-refractivity contribution in [2.45, 2.75) is 75.4 Å². The molecule has 10 heteroatoms. The highest BCUT2D eigenvalue weighted by atomic mass is 35.5. The van der Waals surface area contributed by atoms with E-state index in [2.05, 4.69) is 5.32 Å². The number of carbonyl (C=O) groups is 2. The second-order valence-corrected chi connectivity index (χ2v) is 14.8. The first-order valence-corrected chi connectivity index (χ1v) is 18.6. The summed E-state index contributed by atoms with van der Waals surface area (Å²) in [6.07, 6.45) is 5.66. The van der Waals surface area contributed by atoms with Crippen molar-refractivity contribution in [2.24, 2.45) is 0 Å². The third-order valence-electron chi connectivity index (χ3n) is 8.86. The number of aryl methyl sites for hydroxylation is 1. The maximum atomic E-state index is 14.8. The summed E-state index contributed by atoms with van der Waals surface area (Å²) in [5, 5.41) is 3.91. The fourth-order valence-corrected chi connectivity index (χ4v) is 8.23. The Balaban J connectivity index is 1.61. The third-order valence-corrected chi connectivity index (χ3v) is 11.3. The van der Waals surface area contributed by atoms with Crippen LogP contribution >= 0.6 is 23.2 Å². The molecule has 5 rings (SSSR count). The number of anilines is 1. The summed E-state index contributed by atoms with van der Waals surface area (Å²) in [6, 6.07) is 28.8. The summed E-state index contributed by atoms with van der Waals surface area (Å²) in [5.41, 5.74) is 2.50. The quantitative estimate of drug-likeness (QED) is 0.154. The lowest BCUT2D eigenvalue weighted by Crippen LogP contribution is -2.55. The topological polar surface area (TPSA) is 86.8 Å². The minimum atomic E-state index is -4.20. The number of nitrogens with one attached hydrogen (secondary N) is 1. The lowest BCUT2D eigenvalue weighted by molar-refractivity contribution is -0.140. The van der Waals surface area contributed by atoms with Gasteiger partial charge in [0.05, 0.1) is 10.6 Å². The minimum Gasteiger partial charge on any atom is -0.352 e. The van der Waals surface area contributed by atoms with Gasteiger partial charge in [0, 0.05) is 34.6 Å². The molecule has 0 heterocycles. The number of hydrogen-bond acceptors (Lipinski definition) is 4. The van der Waals surface area contributed by atoms with E-state index in [1.807, 2.05) is 49.4 Å². The number of hydrogen-bond donors (Lipinski definition) is 1. The van der Waals surface area contributed by atoms with E-state index in [1.54, 1.807) is 48.5 Å². The Hall–Kier alpha value is -3.85. The molecule has 7 nitrogen and oxygen atoms in total. The molecule has 0 saturated heterocycles. The standard InChI is InChI=1S/C38H41Cl2N3O4S/c1-2-29-17-12-13-24-35(29)43(48(46,47)31-20-10-5-11-21-31)27-37(44)42(26-32-33(39)22-14-23-34(32)40)36(25-28-15-6-3-7-16-28)38(45)41-30-18-8-4-9-19-30/h3,5-7,10-17,20-24,30,36H,2,4,8-9,18-19,25-27H2,1H3,(H,41,45). The van der Waals surface area contributed by atoms with Crippen LogP contribution in [-0.2, 0) is 39.0 Å². The van der Waals surface area contributed by atoms with Crippen molar-refractivity contribution in [2.75, 3.05) is 10.8 Å². The maximum Gasteiger partial charge on any atom is 0.264 e. The average Bonchev–Trinajstić information content (AvgIpc) is 3.11. The summed E-state index contributed by atoms with van der Waals surface area (Å²) < 4.78 is 29.8. The first-order valence-electron chi connectivity index (χ1n) is 16.4. The van der Waals surface area contributed by atoms with Crippen LogP contribution < -0.4 is 9.62 Å². The molecule has 0 radical (unpaired) electrons. The first-order chi connectivity index (χ1) is 23.2. The van der Waals surface area contributed by atoms with Crippen LogP contribution in [0.3, 0.4) is 0 Å². The monoisotopic (exact) mass is 705 g/mol. The van der Waals surface area contributed by atoms with Gasteiger partial charge in [-0.05, 0) is 60.7 Å². The number of carbonyl (C=O) groups excluding carboxylic acids is 2. The van der Waals surface area contributed by atoms with E-state index >= 15 is 0 Å². The van der Waals surface area contributed by atoms with Crippen molar-refractivity contribution in [3.63, 3.8) is 0 Å². The van der Waals surface area contributed by atoms with Gasteiger partial charge in [-0.1, -0.05) is 122 Å². The normalized spacial score (nSPS) is 14.2. The molecule has 1 unspecified atom stereocenters. The number of halogens is 2. The molecule has 252 valence electrons. The van der Waals surface area contributed by atoms with E-state index in [4.69, 9.17) is 23.2 Å². The molecule has 1 N–H and O–H groups in total. The third kappa shape index (κ3) is 8.59. The van der Waals surface area contributed by atoms with Crippen LogP contribution in [0.15, 0.2) is 108 Å². The van der Waals surface area contributed by atoms with Crippen LogP contribution in [-0.4, -0.2) is 43.8 Å². The number of sulfonamides is 1. The molecule has 0 spiro atoms. The predicted molar refractivity (Wildman–Crippen MR) is 193 cm³/mol. The van der Waals surface area contributed by atoms with Crippen LogP contribution in [0.1, 0.15) is 55.7 Å². The SMILES string of the molecule is CCc1ccccc1N(CC(=O)N(Cc1c(Cl)cccc1Cl)C(Cc1ccccc1)C(=O)NC1CCCCC1)S(=O)(=O)c1ccccc1. The summed E-state index contributed by atoms with van der Waals surface area (Å²) >= 11 is 13.3. The molecule has 1 atom stereocenters. The molecule has 0 aliphatic heterocycles. The lowest BCUT2D eigenvalue weighted by Gasteiger charge is -2.35. The van der Waals surface area contributed by atoms with Crippen LogP contribution in [0.5, 0.6) is 0 Å². The Morgan fingerprint density at radius 2 is 1.42 bits per heavy atom. The molecule has 1 aliphatic rings. The van der Waals surface area contributed by atoms with Gasteiger partial charge >= 0.3 is 0 Å². The van der Waals surface area contributed by atoms with Crippen LogP contribution in [0.2, 0.25) is 10.0 Å². The lowest BCUT2D eigenvalue weighted by atomic mass is 9.94. The van der Waals surface area contributed by atoms with E-state index < -0.39 is 28.5 Å². The van der Waals surface area contributed by atoms with Gasteiger partial charge in [-0.3, -0.25) is 13.9 Å². The van der Waals surface area contributed by atoms with Gasteiger partial charge in [0.25, 0.3) is 10.0 Å². The van der Waals surface area contributed by atoms with Gasteiger partial charge in [-0.25, -0.2) is 8.42 Å². The molecule has 1 fully saturated rings. The van der Waals surface area contributed by atoms with Gasteiger partial charge in [0.2, 0.25) is 11.8 Å². The van der Waals surface area contributed by atoms with E-state index in [9.17, 15) is 18.0 Å². The number of amides is 2. The Morgan fingerprint density at radius 3 is 2.06 bits per heavy atom. The van der Waals surface area contributed by atoms with E-state index in [0.29, 0.717) is 27.7 Å². The van der Waals surface area contributed by atoms with Gasteiger partial charge in [-0.2, -0.15) is 0 Å². The molecular formula is C38H41Cl2N3O4S. The van der Waals surface area contributed by atoms with Crippen molar-refractivity contribution >= 4 is 50.7 Å². The zero-order valence-corrected chi connectivity index (χ0v) is 29.4. The average molecular weight is 707 g/mol. The maximum absolute atomic E-state index is 14.8. The summed E-state index contributed by atoms with van der Waals surface area (Å²) in [7, 11) is -4.20. The minimum absolute atomic E-state index is 0.00300. The summed E-state index contributed by atoms with van der Waals surface area (Å²) in [5.74, 6) is -0.857. The first kappa shape index (κ1) is 35.5. The van der Waals surface area contributed by atoms with E-state index in [-0.39, 0.29) is 29.8 Å². The van der Waals surface area contributed by atoms with Crippen molar-refractivity contribution < 1.29 is 18.0 Å². The van der Waals surface area contributed by atoms with Crippen molar-refractivity contribution in [1.82, 2.24) is 10.2 Å². The molecule has 2 amide bonds. The highest BCUT2D eigenvalue weighted by Gasteiger charge is 2.36. The molecule has 4 aromatic carbocycles. The predicted octanol–water partition coefficient (Wildman–Crippen LogP) is 7.84. The summed E-state index contributed by atoms with van der Waals surface area (Å²) in [6.45, 7) is 1.30. The molecule has 0 aromatic heterocycles. The smallest absolute Gasteiger partial charge is 0.264 e. The Kier molecular flexibility index (Phi) is 12.2. The number of benzene rings is 4. The van der Waals surface area contributed by atoms with Crippen molar-refractivity contribution in [3.05, 3.63) is 130 Å². The second-order valence-electron chi connectivity index (χ2n) is 12.1. The number of nitrogens with zero attached hydrogens (tertiary/aromatic N) is 2. The zero-order chi connectivity index (χ0) is 34.1. The number of rotatable bonds is 13. The largest absolute Gasteiger partial charge is 0.352 e. The molecule has 1 saturated carbocycles. The fraction of sp³-hybridized carbons (Fsp3) is 0.316. The van der Waals surface area contributed by atoms with E-state index in [0.717, 1.165) is 47.5 Å². The number of para-hydroxylation sites is 1. The Morgan fingerprint density at radius 1 is 0.812 bits per heavy atom. The highest BCUT2D eigenvalue weighted by molar-refractivity contribution is 7.92. The fourth-order valence-electron chi connectivity index (χ4n) is 6.24. The van der Waals surface area contributed by atoms with Gasteiger partial charge in [-0.15, -0.1) is 0 Å².